The summed E-state index contributed by atoms with van der Waals surface area (Å²) in [4.78, 5) is 32.1. The van der Waals surface area contributed by atoms with E-state index in [-0.39, 0.29) is 11.3 Å². The average molecular weight is 465 g/mol. The van der Waals surface area contributed by atoms with E-state index in [1.165, 1.54) is 4.90 Å². The van der Waals surface area contributed by atoms with Crippen LogP contribution in [0.25, 0.3) is 16.7 Å². The van der Waals surface area contributed by atoms with Crippen molar-refractivity contribution in [2.45, 2.75) is 40.7 Å². The minimum Gasteiger partial charge on any atom is -0.507 e. The second-order valence-electron chi connectivity index (χ2n) is 9.47. The molecule has 5 nitrogen and oxygen atoms in total. The fraction of sp³-hybridized carbons (Fsp3) is 0.200. The first-order valence-corrected chi connectivity index (χ1v) is 11.7. The molecule has 1 amide bonds. The van der Waals surface area contributed by atoms with Gasteiger partial charge in [-0.25, -0.2) is 0 Å². The van der Waals surface area contributed by atoms with Crippen LogP contribution in [0.2, 0.25) is 0 Å². The van der Waals surface area contributed by atoms with Gasteiger partial charge in [-0.2, -0.15) is 0 Å². The van der Waals surface area contributed by atoms with Crippen LogP contribution in [0.3, 0.4) is 0 Å². The summed E-state index contributed by atoms with van der Waals surface area (Å²) in [6.07, 6.45) is 0. The standard InChI is InChI=1S/C30H28N2O3/c1-16-10-11-18(3)23(14-16)28(33)26-27(25-20(5)31-24-9-7-6-8-22(24)25)32(30(35)29(26)34)21-13-12-17(2)19(4)15-21/h6-15,27,31,33H,1-5H3/b28-26+. The van der Waals surface area contributed by atoms with E-state index in [2.05, 4.69) is 4.98 Å². The first-order valence-electron chi connectivity index (χ1n) is 11.7. The van der Waals surface area contributed by atoms with E-state index >= 15 is 0 Å². The molecule has 2 heterocycles. The van der Waals surface area contributed by atoms with E-state index in [9.17, 15) is 14.7 Å². The molecule has 1 unspecified atom stereocenters. The lowest BCUT2D eigenvalue weighted by Gasteiger charge is -2.26. The van der Waals surface area contributed by atoms with Gasteiger partial charge in [0.15, 0.2) is 0 Å². The molecule has 0 saturated carbocycles. The number of aliphatic hydroxyl groups is 1. The number of aliphatic hydroxyl groups excluding tert-OH is 1. The Morgan fingerprint density at radius 2 is 1.57 bits per heavy atom. The van der Waals surface area contributed by atoms with Gasteiger partial charge in [0, 0.05) is 33.4 Å². The molecule has 0 radical (unpaired) electrons. The molecule has 0 spiro atoms. The third kappa shape index (κ3) is 3.55. The van der Waals surface area contributed by atoms with Gasteiger partial charge in [-0.05, 0) is 75.6 Å². The van der Waals surface area contributed by atoms with Crippen LogP contribution < -0.4 is 4.90 Å². The van der Waals surface area contributed by atoms with E-state index in [4.69, 9.17) is 0 Å². The highest BCUT2D eigenvalue weighted by Crippen LogP contribution is 2.46. The molecule has 1 aliphatic heterocycles. The molecule has 0 aliphatic carbocycles. The topological polar surface area (TPSA) is 73.4 Å². The van der Waals surface area contributed by atoms with Crippen molar-refractivity contribution in [3.63, 3.8) is 0 Å². The molecule has 176 valence electrons. The second kappa shape index (κ2) is 8.27. The lowest BCUT2D eigenvalue weighted by atomic mass is 9.91. The number of aromatic nitrogens is 1. The Balaban J connectivity index is 1.85. The predicted octanol–water partition coefficient (Wildman–Crippen LogP) is 6.34. The van der Waals surface area contributed by atoms with Gasteiger partial charge in [-0.3, -0.25) is 14.5 Å². The summed E-state index contributed by atoms with van der Waals surface area (Å²) in [6, 6.07) is 18.5. The number of H-pyrrole nitrogens is 1. The highest BCUT2D eigenvalue weighted by atomic mass is 16.3. The molecule has 1 fully saturated rings. The van der Waals surface area contributed by atoms with Gasteiger partial charge in [0.1, 0.15) is 5.76 Å². The Kier molecular flexibility index (Phi) is 5.36. The fourth-order valence-electron chi connectivity index (χ4n) is 5.03. The van der Waals surface area contributed by atoms with Crippen molar-refractivity contribution >= 4 is 34.0 Å². The zero-order valence-corrected chi connectivity index (χ0v) is 20.6. The van der Waals surface area contributed by atoms with Gasteiger partial charge >= 0.3 is 0 Å². The molecule has 5 rings (SSSR count). The molecule has 2 N–H and O–H groups in total. The number of nitrogens with one attached hydrogen (secondary N) is 1. The van der Waals surface area contributed by atoms with E-state index < -0.39 is 17.7 Å². The number of hydrogen-bond donors (Lipinski definition) is 2. The molecular weight excluding hydrogens is 436 g/mol. The number of amides is 1. The Morgan fingerprint density at radius 1 is 0.857 bits per heavy atom. The average Bonchev–Trinajstić information content (AvgIpc) is 3.29. The number of ketones is 1. The number of para-hydroxylation sites is 1. The van der Waals surface area contributed by atoms with Gasteiger partial charge in [0.05, 0.1) is 11.6 Å². The Labute approximate surface area is 204 Å². The lowest BCUT2D eigenvalue weighted by Crippen LogP contribution is -2.29. The number of nitrogens with zero attached hydrogens (tertiary/aromatic N) is 1. The van der Waals surface area contributed by atoms with Crippen LogP contribution in [0.4, 0.5) is 5.69 Å². The van der Waals surface area contributed by atoms with Crippen LogP contribution in [-0.2, 0) is 9.59 Å². The molecule has 5 heteroatoms. The quantitative estimate of drug-likeness (QED) is 0.211. The summed E-state index contributed by atoms with van der Waals surface area (Å²) in [5, 5.41) is 12.5. The maximum Gasteiger partial charge on any atom is 0.300 e. The normalized spacial score (nSPS) is 17.5. The molecule has 1 atom stereocenters. The SMILES string of the molecule is Cc1ccc(C)c(/C(O)=C2\C(=O)C(=O)N(c3ccc(C)c(C)c3)C2c2c(C)[nH]c3ccccc23)c1. The van der Waals surface area contributed by atoms with E-state index in [1.807, 2.05) is 95.3 Å². The van der Waals surface area contributed by atoms with Crippen molar-refractivity contribution in [3.05, 3.63) is 105 Å². The zero-order valence-electron chi connectivity index (χ0n) is 20.6. The van der Waals surface area contributed by atoms with Gasteiger partial charge < -0.3 is 10.1 Å². The van der Waals surface area contributed by atoms with Gasteiger partial charge in [0.25, 0.3) is 11.7 Å². The van der Waals surface area contributed by atoms with E-state index in [1.54, 1.807) is 0 Å². The van der Waals surface area contributed by atoms with Crippen molar-refractivity contribution in [2.75, 3.05) is 4.90 Å². The highest BCUT2D eigenvalue weighted by molar-refractivity contribution is 6.52. The zero-order chi connectivity index (χ0) is 25.0. The minimum absolute atomic E-state index is 0.106. The van der Waals surface area contributed by atoms with Gasteiger partial charge in [-0.15, -0.1) is 0 Å². The van der Waals surface area contributed by atoms with Crippen LogP contribution in [0.15, 0.2) is 66.2 Å². The number of benzene rings is 3. The molecular formula is C30H28N2O3. The summed E-state index contributed by atoms with van der Waals surface area (Å²) in [7, 11) is 0. The first-order chi connectivity index (χ1) is 16.7. The van der Waals surface area contributed by atoms with Crippen molar-refractivity contribution in [1.29, 1.82) is 0 Å². The number of anilines is 1. The summed E-state index contributed by atoms with van der Waals surface area (Å²) < 4.78 is 0. The summed E-state index contributed by atoms with van der Waals surface area (Å²) in [5.41, 5.74) is 7.78. The monoisotopic (exact) mass is 464 g/mol. The van der Waals surface area contributed by atoms with Crippen LogP contribution in [0, 0.1) is 34.6 Å². The molecule has 0 bridgehead atoms. The summed E-state index contributed by atoms with van der Waals surface area (Å²) in [5.74, 6) is -1.48. The fourth-order valence-corrected chi connectivity index (χ4v) is 5.03. The highest BCUT2D eigenvalue weighted by Gasteiger charge is 2.48. The van der Waals surface area contributed by atoms with E-state index in [0.29, 0.717) is 11.3 Å². The smallest absolute Gasteiger partial charge is 0.300 e. The molecule has 3 aromatic carbocycles. The molecule has 35 heavy (non-hydrogen) atoms. The maximum atomic E-state index is 13.6. The number of aromatic amines is 1. The van der Waals surface area contributed by atoms with Crippen LogP contribution in [-0.4, -0.2) is 21.8 Å². The number of Topliss-reactive ketones (excluding diaryl/α,β-unsaturated/α-hetero) is 1. The van der Waals surface area contributed by atoms with Crippen molar-refractivity contribution < 1.29 is 14.7 Å². The number of carbonyl (C=O) groups excluding carboxylic acids is 2. The lowest BCUT2D eigenvalue weighted by molar-refractivity contribution is -0.132. The molecule has 1 saturated heterocycles. The third-order valence-electron chi connectivity index (χ3n) is 7.08. The van der Waals surface area contributed by atoms with Crippen LogP contribution in [0.1, 0.15) is 45.1 Å². The summed E-state index contributed by atoms with van der Waals surface area (Å²) >= 11 is 0. The first kappa shape index (κ1) is 22.7. The Morgan fingerprint density at radius 3 is 2.31 bits per heavy atom. The van der Waals surface area contributed by atoms with Crippen LogP contribution in [0.5, 0.6) is 0 Å². The number of aryl methyl sites for hydroxylation is 5. The summed E-state index contributed by atoms with van der Waals surface area (Å²) in [6.45, 7) is 9.76. The number of hydrogen-bond acceptors (Lipinski definition) is 3. The number of carbonyl (C=O) groups is 2. The largest absolute Gasteiger partial charge is 0.507 e. The maximum absolute atomic E-state index is 13.6. The second-order valence-corrected chi connectivity index (χ2v) is 9.47. The minimum atomic E-state index is -0.770. The van der Waals surface area contributed by atoms with Crippen molar-refractivity contribution in [3.8, 4) is 0 Å². The Hall–Kier alpha value is -4.12. The predicted molar refractivity (Wildman–Crippen MR) is 140 cm³/mol. The Bertz CT molecular complexity index is 1560. The van der Waals surface area contributed by atoms with Gasteiger partial charge in [-0.1, -0.05) is 42.0 Å². The van der Waals surface area contributed by atoms with Crippen molar-refractivity contribution in [2.24, 2.45) is 0 Å². The van der Waals surface area contributed by atoms with Crippen LogP contribution >= 0.6 is 0 Å². The van der Waals surface area contributed by atoms with E-state index in [0.717, 1.165) is 44.4 Å². The van der Waals surface area contributed by atoms with Gasteiger partial charge in [0.2, 0.25) is 0 Å². The molecule has 1 aromatic heterocycles. The molecule has 1 aliphatic rings. The number of rotatable bonds is 3. The van der Waals surface area contributed by atoms with Crippen molar-refractivity contribution in [1.82, 2.24) is 4.98 Å². The molecule has 4 aromatic rings. The number of fused-ring (bicyclic) bond motifs is 1. The third-order valence-corrected chi connectivity index (χ3v) is 7.08.